The van der Waals surface area contributed by atoms with E-state index in [-0.39, 0.29) is 18.6 Å². The van der Waals surface area contributed by atoms with Gasteiger partial charge in [-0.05, 0) is 48.7 Å². The number of benzene rings is 3. The fourth-order valence-electron chi connectivity index (χ4n) is 3.26. The second-order valence-electron chi connectivity index (χ2n) is 7.15. The second kappa shape index (κ2) is 9.27. The molecule has 1 atom stereocenters. The summed E-state index contributed by atoms with van der Waals surface area (Å²) in [4.78, 5) is 17.2. The van der Waals surface area contributed by atoms with Gasteiger partial charge in [-0.3, -0.25) is 9.79 Å². The molecule has 1 aliphatic rings. The molecule has 0 fully saturated rings. The van der Waals surface area contributed by atoms with Crippen LogP contribution in [0.5, 0.6) is 17.2 Å². The van der Waals surface area contributed by atoms with E-state index < -0.39 is 0 Å². The third kappa shape index (κ3) is 4.87. The van der Waals surface area contributed by atoms with Crippen molar-refractivity contribution in [2.24, 2.45) is 4.99 Å². The van der Waals surface area contributed by atoms with Gasteiger partial charge < -0.3 is 14.2 Å². The van der Waals surface area contributed by atoms with Crippen molar-refractivity contribution < 1.29 is 19.0 Å². The summed E-state index contributed by atoms with van der Waals surface area (Å²) in [5.74, 6) is 1.90. The Morgan fingerprint density at radius 2 is 1.77 bits per heavy atom. The molecular weight excluding hydrogens is 378 g/mol. The number of ketones is 1. The number of Topliss-reactive ketones (excluding diaryl/α,β-unsaturated/α-hetero) is 1. The number of carbonyl (C=O) groups excluding carboxylic acids is 1. The number of aliphatic imine (C=N–C) groups is 1. The zero-order chi connectivity index (χ0) is 20.8. The molecule has 0 radical (unpaired) electrons. The first-order valence-electron chi connectivity index (χ1n) is 9.91. The third-order valence-electron chi connectivity index (χ3n) is 4.80. The summed E-state index contributed by atoms with van der Waals surface area (Å²) in [6.07, 6.45) is 2.09. The minimum atomic E-state index is -0.170. The number of rotatable bonds is 8. The number of carbonyl (C=O) groups is 1. The highest BCUT2D eigenvalue weighted by atomic mass is 16.7. The van der Waals surface area contributed by atoms with Gasteiger partial charge in [0.15, 0.2) is 11.5 Å². The lowest BCUT2D eigenvalue weighted by atomic mass is 10.1. The molecule has 30 heavy (non-hydrogen) atoms. The van der Waals surface area contributed by atoms with Gasteiger partial charge in [-0.2, -0.15) is 0 Å². The Balaban J connectivity index is 1.38. The molecule has 0 spiro atoms. The van der Waals surface area contributed by atoms with E-state index in [1.54, 1.807) is 12.1 Å². The van der Waals surface area contributed by atoms with E-state index in [0.717, 1.165) is 22.6 Å². The van der Waals surface area contributed by atoms with Crippen LogP contribution in [-0.2, 0) is 13.0 Å². The zero-order valence-electron chi connectivity index (χ0n) is 16.8. The number of ether oxygens (including phenoxy) is 3. The molecule has 0 aromatic heterocycles. The van der Waals surface area contributed by atoms with Gasteiger partial charge in [0.2, 0.25) is 12.6 Å². The Labute approximate surface area is 175 Å². The van der Waals surface area contributed by atoms with Crippen molar-refractivity contribution in [2.45, 2.75) is 26.0 Å². The van der Waals surface area contributed by atoms with Crippen molar-refractivity contribution in [1.82, 2.24) is 0 Å². The highest BCUT2D eigenvalue weighted by molar-refractivity contribution is 6.36. The van der Waals surface area contributed by atoms with Gasteiger partial charge in [0.25, 0.3) is 0 Å². The number of hydrogen-bond acceptors (Lipinski definition) is 5. The predicted octanol–water partition coefficient (Wildman–Crippen LogP) is 4.88. The van der Waals surface area contributed by atoms with Crippen molar-refractivity contribution in [3.8, 4) is 17.2 Å². The number of fused-ring (bicyclic) bond motifs is 1. The zero-order valence-corrected chi connectivity index (χ0v) is 16.8. The van der Waals surface area contributed by atoms with Gasteiger partial charge in [0.05, 0.1) is 17.8 Å². The molecule has 0 saturated carbocycles. The molecule has 0 saturated heterocycles. The molecule has 1 unspecified atom stereocenters. The van der Waals surface area contributed by atoms with E-state index in [2.05, 4.69) is 4.99 Å². The Kier molecular flexibility index (Phi) is 6.09. The van der Waals surface area contributed by atoms with E-state index in [0.29, 0.717) is 24.3 Å². The Morgan fingerprint density at radius 3 is 2.63 bits per heavy atom. The SMILES string of the molecule is CC(Cc1ccc2c(c1)OCO2)N=CC(=O)c1ccccc1OCc1ccccc1. The van der Waals surface area contributed by atoms with E-state index in [4.69, 9.17) is 14.2 Å². The highest BCUT2D eigenvalue weighted by Crippen LogP contribution is 2.32. The van der Waals surface area contributed by atoms with Crippen LogP contribution in [0.4, 0.5) is 0 Å². The highest BCUT2D eigenvalue weighted by Gasteiger charge is 2.15. The summed E-state index contributed by atoms with van der Waals surface area (Å²) >= 11 is 0. The molecule has 0 bridgehead atoms. The maximum Gasteiger partial charge on any atom is 0.231 e. The first kappa shape index (κ1) is 19.7. The van der Waals surface area contributed by atoms with Crippen LogP contribution in [0.15, 0.2) is 77.8 Å². The lowest BCUT2D eigenvalue weighted by Gasteiger charge is -2.10. The standard InChI is InChI=1S/C25H23NO4/c1-18(13-20-11-12-24-25(14-20)30-17-29-24)26-15-22(27)21-9-5-6-10-23(21)28-16-19-7-3-2-4-8-19/h2-12,14-15,18H,13,16-17H2,1H3. The summed E-state index contributed by atoms with van der Waals surface area (Å²) in [6.45, 7) is 2.64. The van der Waals surface area contributed by atoms with Crippen molar-refractivity contribution in [2.75, 3.05) is 6.79 Å². The van der Waals surface area contributed by atoms with Gasteiger partial charge in [-0.25, -0.2) is 0 Å². The molecule has 5 heteroatoms. The van der Waals surface area contributed by atoms with Crippen LogP contribution in [0.3, 0.4) is 0 Å². The van der Waals surface area contributed by atoms with Gasteiger partial charge in [0, 0.05) is 0 Å². The quantitative estimate of drug-likeness (QED) is 0.399. The maximum atomic E-state index is 12.7. The lowest BCUT2D eigenvalue weighted by molar-refractivity contribution is 0.106. The molecule has 152 valence electrons. The van der Waals surface area contributed by atoms with Crippen LogP contribution in [0, 0.1) is 0 Å². The van der Waals surface area contributed by atoms with Crippen LogP contribution in [0.1, 0.15) is 28.4 Å². The summed E-state index contributed by atoms with van der Waals surface area (Å²) in [5, 5.41) is 0. The maximum absolute atomic E-state index is 12.7. The van der Waals surface area contributed by atoms with Crippen LogP contribution in [0.2, 0.25) is 0 Å². The monoisotopic (exact) mass is 401 g/mol. The molecule has 1 heterocycles. The van der Waals surface area contributed by atoms with Crippen molar-refractivity contribution in [3.63, 3.8) is 0 Å². The van der Waals surface area contributed by atoms with Crippen molar-refractivity contribution in [3.05, 3.63) is 89.5 Å². The van der Waals surface area contributed by atoms with E-state index in [1.807, 2.05) is 67.6 Å². The van der Waals surface area contributed by atoms with Gasteiger partial charge in [-0.1, -0.05) is 48.5 Å². The molecule has 3 aromatic carbocycles. The van der Waals surface area contributed by atoms with E-state index in [1.165, 1.54) is 6.21 Å². The van der Waals surface area contributed by atoms with E-state index >= 15 is 0 Å². The Morgan fingerprint density at radius 1 is 1.00 bits per heavy atom. The minimum absolute atomic E-state index is 0.0493. The van der Waals surface area contributed by atoms with E-state index in [9.17, 15) is 4.79 Å². The Bertz CT molecular complexity index is 1050. The smallest absolute Gasteiger partial charge is 0.231 e. The van der Waals surface area contributed by atoms with Crippen LogP contribution in [0.25, 0.3) is 0 Å². The second-order valence-corrected chi connectivity index (χ2v) is 7.15. The molecule has 3 aromatic rings. The summed E-state index contributed by atoms with van der Waals surface area (Å²) in [6, 6.07) is 22.9. The van der Waals surface area contributed by atoms with Gasteiger partial charge in [-0.15, -0.1) is 0 Å². The molecule has 4 rings (SSSR count). The summed E-state index contributed by atoms with van der Waals surface area (Å²) < 4.78 is 16.6. The first-order valence-corrected chi connectivity index (χ1v) is 9.91. The van der Waals surface area contributed by atoms with Gasteiger partial charge in [0.1, 0.15) is 12.4 Å². The van der Waals surface area contributed by atoms with Crippen LogP contribution >= 0.6 is 0 Å². The first-order chi connectivity index (χ1) is 14.7. The van der Waals surface area contributed by atoms with Crippen molar-refractivity contribution >= 4 is 12.0 Å². The van der Waals surface area contributed by atoms with Gasteiger partial charge >= 0.3 is 0 Å². The molecule has 0 N–H and O–H groups in total. The fourth-order valence-corrected chi connectivity index (χ4v) is 3.26. The summed E-state index contributed by atoms with van der Waals surface area (Å²) in [7, 11) is 0. The topological polar surface area (TPSA) is 57.1 Å². The normalized spacial score (nSPS) is 13.4. The summed E-state index contributed by atoms with van der Waals surface area (Å²) in [5.41, 5.74) is 2.64. The number of nitrogens with zero attached hydrogens (tertiary/aromatic N) is 1. The minimum Gasteiger partial charge on any atom is -0.488 e. The molecular formula is C25H23NO4. The average Bonchev–Trinajstić information content (AvgIpc) is 3.25. The molecule has 1 aliphatic heterocycles. The molecule has 0 aliphatic carbocycles. The third-order valence-corrected chi connectivity index (χ3v) is 4.80. The largest absolute Gasteiger partial charge is 0.488 e. The van der Waals surface area contributed by atoms with Crippen LogP contribution in [-0.4, -0.2) is 24.8 Å². The van der Waals surface area contributed by atoms with Crippen molar-refractivity contribution in [1.29, 1.82) is 0 Å². The Hall–Kier alpha value is -3.60. The van der Waals surface area contributed by atoms with Crippen LogP contribution < -0.4 is 14.2 Å². The lowest BCUT2D eigenvalue weighted by Crippen LogP contribution is -2.09. The molecule has 5 nitrogen and oxygen atoms in total. The predicted molar refractivity (Wildman–Crippen MR) is 116 cm³/mol. The fraction of sp³-hybridized carbons (Fsp3) is 0.200. The number of hydrogen-bond donors (Lipinski definition) is 0. The average molecular weight is 401 g/mol. The number of para-hydroxylation sites is 1. The molecule has 0 amide bonds.